The van der Waals surface area contributed by atoms with Gasteiger partial charge in [0, 0.05) is 13.1 Å². The zero-order chi connectivity index (χ0) is 9.73. The second kappa shape index (κ2) is 4.97. The van der Waals surface area contributed by atoms with Gasteiger partial charge in [-0.05, 0) is 26.3 Å². The Bertz CT molecular complexity index is 139. The number of hydrogen-bond donors (Lipinski definition) is 1. The minimum absolute atomic E-state index is 0.332. The third-order valence-electron chi connectivity index (χ3n) is 3.16. The van der Waals surface area contributed by atoms with Crippen molar-refractivity contribution in [1.29, 1.82) is 0 Å². The fourth-order valence-electron chi connectivity index (χ4n) is 1.99. The van der Waals surface area contributed by atoms with Crippen LogP contribution in [0.5, 0.6) is 0 Å². The summed E-state index contributed by atoms with van der Waals surface area (Å²) in [7, 11) is 2.13. The van der Waals surface area contributed by atoms with Gasteiger partial charge in [-0.15, -0.1) is 0 Å². The summed E-state index contributed by atoms with van der Waals surface area (Å²) in [6.45, 7) is 4.32. The average Bonchev–Trinajstić information content (AvgIpc) is 2.12. The standard InChI is InChI=1S/C11H23NO/c1-3-4-5-6-11(13)7-9-12(2)10-8-11/h13H,3-10H2,1-2H3. The van der Waals surface area contributed by atoms with Gasteiger partial charge in [0.25, 0.3) is 0 Å². The summed E-state index contributed by atoms with van der Waals surface area (Å²) in [4.78, 5) is 2.30. The maximum atomic E-state index is 10.2. The summed E-state index contributed by atoms with van der Waals surface area (Å²) in [5.41, 5.74) is -0.332. The minimum atomic E-state index is -0.332. The van der Waals surface area contributed by atoms with E-state index in [-0.39, 0.29) is 5.60 Å². The predicted octanol–water partition coefficient (Wildman–Crippen LogP) is 2.02. The van der Waals surface area contributed by atoms with E-state index >= 15 is 0 Å². The molecule has 0 spiro atoms. The Hall–Kier alpha value is -0.0800. The van der Waals surface area contributed by atoms with E-state index < -0.39 is 0 Å². The van der Waals surface area contributed by atoms with Crippen molar-refractivity contribution in [2.45, 2.75) is 51.0 Å². The molecule has 2 nitrogen and oxygen atoms in total. The van der Waals surface area contributed by atoms with Crippen molar-refractivity contribution >= 4 is 0 Å². The van der Waals surface area contributed by atoms with Crippen LogP contribution in [0.3, 0.4) is 0 Å². The topological polar surface area (TPSA) is 23.5 Å². The van der Waals surface area contributed by atoms with Gasteiger partial charge in [-0.1, -0.05) is 26.2 Å². The van der Waals surface area contributed by atoms with Crippen molar-refractivity contribution in [2.75, 3.05) is 20.1 Å². The summed E-state index contributed by atoms with van der Waals surface area (Å²) >= 11 is 0. The molecule has 0 radical (unpaired) electrons. The Morgan fingerprint density at radius 2 is 1.85 bits per heavy atom. The van der Waals surface area contributed by atoms with Crippen LogP contribution in [0.4, 0.5) is 0 Å². The van der Waals surface area contributed by atoms with Crippen molar-refractivity contribution in [1.82, 2.24) is 4.90 Å². The first-order chi connectivity index (χ1) is 6.16. The van der Waals surface area contributed by atoms with Crippen molar-refractivity contribution in [3.8, 4) is 0 Å². The normalized spacial score (nSPS) is 23.3. The number of nitrogens with zero attached hydrogens (tertiary/aromatic N) is 1. The van der Waals surface area contributed by atoms with E-state index in [1.165, 1.54) is 19.3 Å². The molecule has 0 aliphatic carbocycles. The molecular weight excluding hydrogens is 162 g/mol. The van der Waals surface area contributed by atoms with Crippen LogP contribution < -0.4 is 0 Å². The molecule has 1 rings (SSSR count). The number of likely N-dealkylation sites (tertiary alicyclic amines) is 1. The SMILES string of the molecule is CCCCCC1(O)CCN(C)CC1. The van der Waals surface area contributed by atoms with Crippen LogP contribution in [0.15, 0.2) is 0 Å². The first kappa shape index (κ1) is 11.0. The molecule has 0 saturated carbocycles. The van der Waals surface area contributed by atoms with Gasteiger partial charge < -0.3 is 10.0 Å². The summed E-state index contributed by atoms with van der Waals surface area (Å²) in [5, 5.41) is 10.2. The highest BCUT2D eigenvalue weighted by atomic mass is 16.3. The number of hydrogen-bond acceptors (Lipinski definition) is 2. The van der Waals surface area contributed by atoms with E-state index in [4.69, 9.17) is 0 Å². The van der Waals surface area contributed by atoms with Gasteiger partial charge in [0.2, 0.25) is 0 Å². The lowest BCUT2D eigenvalue weighted by molar-refractivity contribution is -0.0240. The van der Waals surface area contributed by atoms with Gasteiger partial charge >= 0.3 is 0 Å². The lowest BCUT2D eigenvalue weighted by Gasteiger charge is -2.36. The van der Waals surface area contributed by atoms with Gasteiger partial charge in [0.15, 0.2) is 0 Å². The van der Waals surface area contributed by atoms with Gasteiger partial charge in [0.05, 0.1) is 5.60 Å². The Labute approximate surface area is 81.9 Å². The smallest absolute Gasteiger partial charge is 0.0672 e. The molecule has 1 aliphatic heterocycles. The van der Waals surface area contributed by atoms with Gasteiger partial charge in [-0.25, -0.2) is 0 Å². The quantitative estimate of drug-likeness (QED) is 0.677. The van der Waals surface area contributed by atoms with Gasteiger partial charge in [-0.2, -0.15) is 0 Å². The van der Waals surface area contributed by atoms with Crippen LogP contribution in [0.2, 0.25) is 0 Å². The zero-order valence-corrected chi connectivity index (χ0v) is 9.05. The number of piperidine rings is 1. The molecule has 0 aromatic carbocycles. The van der Waals surface area contributed by atoms with Crippen molar-refractivity contribution in [3.05, 3.63) is 0 Å². The molecule has 78 valence electrons. The van der Waals surface area contributed by atoms with Crippen molar-refractivity contribution < 1.29 is 5.11 Å². The second-order valence-corrected chi connectivity index (χ2v) is 4.48. The fourth-order valence-corrected chi connectivity index (χ4v) is 1.99. The fraction of sp³-hybridized carbons (Fsp3) is 1.00. The Balaban J connectivity index is 2.22. The Morgan fingerprint density at radius 1 is 1.23 bits per heavy atom. The highest BCUT2D eigenvalue weighted by molar-refractivity contribution is 4.84. The van der Waals surface area contributed by atoms with E-state index in [0.29, 0.717) is 0 Å². The zero-order valence-electron chi connectivity index (χ0n) is 9.05. The number of unbranched alkanes of at least 4 members (excludes halogenated alkanes) is 2. The molecule has 1 saturated heterocycles. The summed E-state index contributed by atoms with van der Waals surface area (Å²) < 4.78 is 0. The maximum absolute atomic E-state index is 10.2. The molecule has 1 aliphatic rings. The highest BCUT2D eigenvalue weighted by Gasteiger charge is 2.29. The Kier molecular flexibility index (Phi) is 4.20. The largest absolute Gasteiger partial charge is 0.390 e. The van der Waals surface area contributed by atoms with Crippen LogP contribution in [-0.4, -0.2) is 35.7 Å². The molecule has 2 heteroatoms. The summed E-state index contributed by atoms with van der Waals surface area (Å²) in [6, 6.07) is 0. The van der Waals surface area contributed by atoms with E-state index in [9.17, 15) is 5.11 Å². The van der Waals surface area contributed by atoms with Crippen LogP contribution >= 0.6 is 0 Å². The molecule has 0 bridgehead atoms. The molecule has 1 heterocycles. The first-order valence-electron chi connectivity index (χ1n) is 5.57. The lowest BCUT2D eigenvalue weighted by atomic mass is 9.86. The van der Waals surface area contributed by atoms with Crippen LogP contribution in [0.25, 0.3) is 0 Å². The lowest BCUT2D eigenvalue weighted by Crippen LogP contribution is -2.42. The molecule has 13 heavy (non-hydrogen) atoms. The molecular formula is C11H23NO. The van der Waals surface area contributed by atoms with Gasteiger partial charge in [-0.3, -0.25) is 0 Å². The second-order valence-electron chi connectivity index (χ2n) is 4.48. The van der Waals surface area contributed by atoms with Crippen LogP contribution in [-0.2, 0) is 0 Å². The highest BCUT2D eigenvalue weighted by Crippen LogP contribution is 2.26. The molecule has 0 atom stereocenters. The first-order valence-corrected chi connectivity index (χ1v) is 5.57. The predicted molar refractivity (Wildman–Crippen MR) is 55.8 cm³/mol. The van der Waals surface area contributed by atoms with Gasteiger partial charge in [0.1, 0.15) is 0 Å². The van der Waals surface area contributed by atoms with E-state index in [1.807, 2.05) is 0 Å². The van der Waals surface area contributed by atoms with Crippen LogP contribution in [0.1, 0.15) is 45.4 Å². The summed E-state index contributed by atoms with van der Waals surface area (Å²) in [6.07, 6.45) is 6.64. The minimum Gasteiger partial charge on any atom is -0.390 e. The number of rotatable bonds is 4. The van der Waals surface area contributed by atoms with E-state index in [0.717, 1.165) is 32.4 Å². The molecule has 0 aromatic heterocycles. The molecule has 0 unspecified atom stereocenters. The molecule has 1 fully saturated rings. The van der Waals surface area contributed by atoms with E-state index in [2.05, 4.69) is 18.9 Å². The maximum Gasteiger partial charge on any atom is 0.0672 e. The molecule has 0 aromatic rings. The monoisotopic (exact) mass is 185 g/mol. The average molecular weight is 185 g/mol. The molecule has 1 N–H and O–H groups in total. The molecule has 0 amide bonds. The summed E-state index contributed by atoms with van der Waals surface area (Å²) in [5.74, 6) is 0. The third kappa shape index (κ3) is 3.65. The third-order valence-corrected chi connectivity index (χ3v) is 3.16. The van der Waals surface area contributed by atoms with Crippen molar-refractivity contribution in [3.63, 3.8) is 0 Å². The van der Waals surface area contributed by atoms with E-state index in [1.54, 1.807) is 0 Å². The van der Waals surface area contributed by atoms with Crippen molar-refractivity contribution in [2.24, 2.45) is 0 Å². The van der Waals surface area contributed by atoms with Crippen LogP contribution in [0, 0.1) is 0 Å². The number of aliphatic hydroxyl groups is 1. The Morgan fingerprint density at radius 3 is 2.38 bits per heavy atom.